The van der Waals surface area contributed by atoms with E-state index in [1.165, 1.54) is 81.2 Å². The van der Waals surface area contributed by atoms with Gasteiger partial charge in [-0.2, -0.15) is 0 Å². The molecule has 5 fully saturated rings. The lowest BCUT2D eigenvalue weighted by atomic mass is 9.39. The minimum atomic E-state index is 0.205. The lowest BCUT2D eigenvalue weighted by Gasteiger charge is -2.65. The molecule has 5 aliphatic rings. The first-order chi connectivity index (χ1) is 17.6. The maximum absolute atomic E-state index is 6.31. The van der Waals surface area contributed by atoms with Gasteiger partial charge in [-0.3, -0.25) is 0 Å². The average molecular weight is 501 g/mol. The number of hydrogen-bond acceptors (Lipinski definition) is 2. The third-order valence-corrected chi connectivity index (χ3v) is 11.1. The zero-order chi connectivity index (χ0) is 24.6. The molecule has 0 heterocycles. The van der Waals surface area contributed by atoms with E-state index in [1.54, 1.807) is 5.56 Å². The van der Waals surface area contributed by atoms with Crippen molar-refractivity contribution < 1.29 is 0 Å². The van der Waals surface area contributed by atoms with Gasteiger partial charge < -0.3 is 11.1 Å². The first-order valence-corrected chi connectivity index (χ1v) is 15.1. The van der Waals surface area contributed by atoms with Crippen LogP contribution in [-0.4, -0.2) is 17.1 Å². The van der Waals surface area contributed by atoms with E-state index in [1.807, 2.05) is 0 Å². The van der Waals surface area contributed by atoms with Gasteiger partial charge in [0.1, 0.15) is 0 Å². The number of rotatable bonds is 8. The topological polar surface area (TPSA) is 38.0 Å². The third kappa shape index (κ3) is 4.78. The molecular weight excluding hydrogens is 456 g/mol. The normalized spacial score (nSPS) is 37.1. The van der Waals surface area contributed by atoms with Crippen LogP contribution in [0.3, 0.4) is 0 Å². The molecule has 2 nitrogen and oxygen atoms in total. The zero-order valence-corrected chi connectivity index (χ0v) is 22.7. The van der Waals surface area contributed by atoms with Gasteiger partial charge in [0, 0.05) is 17.5 Å². The molecule has 5 saturated carbocycles. The third-order valence-electron chi connectivity index (χ3n) is 10.6. The Hall–Kier alpha value is -1.71. The molecule has 0 amide bonds. The van der Waals surface area contributed by atoms with Crippen LogP contribution in [0.4, 0.5) is 0 Å². The standard InChI is InChI=1S/C33H44N2S/c34-28-15-17-29(18-16-28)35-31(36)33-21-25-19-32(23-33,27-12-5-2-6-13-27)20-26(22-33)30(25)14-8-7-11-24-9-3-1-4-10-24/h1-6,9-10,12-13,25-26,28-30H,7-8,11,14-23,34H2,(H,35,36)/t25?,26?,28-,29-,30?,32?,33?. The highest BCUT2D eigenvalue weighted by molar-refractivity contribution is 7.80. The SMILES string of the molecule is N[C@H]1CC[C@H](NC(=S)C23CC4CC(c5ccccc5)(CC(C2)C4CCCCc2ccccc2)C3)CC1. The van der Waals surface area contributed by atoms with Crippen molar-refractivity contribution in [3.8, 4) is 0 Å². The Balaban J connectivity index is 1.17. The van der Waals surface area contributed by atoms with Gasteiger partial charge in [0.15, 0.2) is 0 Å². The van der Waals surface area contributed by atoms with Gasteiger partial charge in [-0.25, -0.2) is 0 Å². The Kier molecular flexibility index (Phi) is 6.99. The molecule has 36 heavy (non-hydrogen) atoms. The van der Waals surface area contributed by atoms with Crippen molar-refractivity contribution in [3.05, 3.63) is 71.8 Å². The number of aryl methyl sites for hydroxylation is 1. The van der Waals surface area contributed by atoms with E-state index in [9.17, 15) is 0 Å². The van der Waals surface area contributed by atoms with Gasteiger partial charge in [-0.15, -0.1) is 0 Å². The maximum atomic E-state index is 6.31. The summed E-state index contributed by atoms with van der Waals surface area (Å²) in [6.45, 7) is 0. The number of unbranched alkanes of at least 4 members (excludes halogenated alkanes) is 1. The second-order valence-corrected chi connectivity index (χ2v) is 13.3. The molecule has 0 aliphatic heterocycles. The van der Waals surface area contributed by atoms with E-state index in [4.69, 9.17) is 18.0 Å². The van der Waals surface area contributed by atoms with E-state index in [2.05, 4.69) is 66.0 Å². The Morgan fingerprint density at radius 3 is 2.14 bits per heavy atom. The van der Waals surface area contributed by atoms with Gasteiger partial charge >= 0.3 is 0 Å². The van der Waals surface area contributed by atoms with E-state index < -0.39 is 0 Å². The molecule has 0 saturated heterocycles. The van der Waals surface area contributed by atoms with Crippen LogP contribution in [-0.2, 0) is 11.8 Å². The molecular formula is C33H44N2S. The van der Waals surface area contributed by atoms with Crippen molar-refractivity contribution in [2.45, 2.75) is 101 Å². The number of benzene rings is 2. The average Bonchev–Trinajstić information content (AvgIpc) is 2.90. The Morgan fingerprint density at radius 2 is 1.47 bits per heavy atom. The van der Waals surface area contributed by atoms with Crippen LogP contribution in [0.15, 0.2) is 60.7 Å². The highest BCUT2D eigenvalue weighted by atomic mass is 32.1. The van der Waals surface area contributed by atoms with Gasteiger partial charge in [0.25, 0.3) is 0 Å². The van der Waals surface area contributed by atoms with E-state index >= 15 is 0 Å². The lowest BCUT2D eigenvalue weighted by Crippen LogP contribution is -2.62. The first-order valence-electron chi connectivity index (χ1n) is 14.7. The predicted molar refractivity (Wildman–Crippen MR) is 154 cm³/mol. The molecule has 7 rings (SSSR count). The minimum absolute atomic E-state index is 0.205. The molecule has 0 radical (unpaired) electrons. The Labute approximate surface area is 223 Å². The quantitative estimate of drug-likeness (QED) is 0.294. The van der Waals surface area contributed by atoms with Crippen molar-refractivity contribution in [1.82, 2.24) is 5.32 Å². The number of thiocarbonyl (C=S) groups is 1. The molecule has 0 spiro atoms. The second kappa shape index (κ2) is 10.2. The van der Waals surface area contributed by atoms with E-state index in [0.29, 0.717) is 17.5 Å². The van der Waals surface area contributed by atoms with Crippen LogP contribution in [0.1, 0.15) is 88.2 Å². The number of nitrogens with one attached hydrogen (secondary N) is 1. The summed E-state index contributed by atoms with van der Waals surface area (Å²) in [6, 6.07) is 23.5. The van der Waals surface area contributed by atoms with Crippen molar-refractivity contribution in [2.75, 3.05) is 0 Å². The molecule has 2 unspecified atom stereocenters. The van der Waals surface area contributed by atoms with Gasteiger partial charge in [0.2, 0.25) is 0 Å². The van der Waals surface area contributed by atoms with E-state index in [0.717, 1.165) is 30.6 Å². The van der Waals surface area contributed by atoms with Gasteiger partial charge in [0.05, 0.1) is 4.99 Å². The summed E-state index contributed by atoms with van der Waals surface area (Å²) in [5, 5.41) is 3.93. The highest BCUT2D eigenvalue weighted by Gasteiger charge is 2.62. The maximum Gasteiger partial charge on any atom is 0.0818 e. The number of nitrogens with two attached hydrogens (primary N) is 1. The van der Waals surface area contributed by atoms with Gasteiger partial charge in [-0.1, -0.05) is 79.3 Å². The fraction of sp³-hybridized carbons (Fsp3) is 0.606. The smallest absolute Gasteiger partial charge is 0.0818 e. The fourth-order valence-corrected chi connectivity index (χ4v) is 9.47. The molecule has 192 valence electrons. The van der Waals surface area contributed by atoms with Crippen LogP contribution in [0, 0.1) is 23.2 Å². The van der Waals surface area contributed by atoms with Crippen molar-refractivity contribution in [1.29, 1.82) is 0 Å². The molecule has 2 aromatic carbocycles. The zero-order valence-electron chi connectivity index (χ0n) is 21.8. The molecule has 0 aromatic heterocycles. The van der Waals surface area contributed by atoms with Crippen LogP contribution >= 0.6 is 12.2 Å². The molecule has 2 atom stereocenters. The summed E-state index contributed by atoms with van der Waals surface area (Å²) in [5.41, 5.74) is 9.80. The fourth-order valence-electron chi connectivity index (χ4n) is 9.07. The second-order valence-electron chi connectivity index (χ2n) is 12.9. The molecule has 5 aliphatic carbocycles. The summed E-state index contributed by atoms with van der Waals surface area (Å²) in [4.78, 5) is 1.21. The van der Waals surface area contributed by atoms with Crippen LogP contribution in [0.25, 0.3) is 0 Å². The summed E-state index contributed by atoms with van der Waals surface area (Å²) < 4.78 is 0. The Morgan fingerprint density at radius 1 is 0.833 bits per heavy atom. The molecule has 2 aromatic rings. The van der Waals surface area contributed by atoms with Crippen molar-refractivity contribution >= 4 is 17.2 Å². The monoisotopic (exact) mass is 500 g/mol. The Bertz CT molecular complexity index is 1010. The number of hydrogen-bond donors (Lipinski definition) is 2. The summed E-state index contributed by atoms with van der Waals surface area (Å²) in [6.07, 6.45) is 16.6. The van der Waals surface area contributed by atoms with Crippen LogP contribution in [0.5, 0.6) is 0 Å². The largest absolute Gasteiger partial charge is 0.376 e. The summed E-state index contributed by atoms with van der Waals surface area (Å²) in [7, 11) is 0. The molecule has 4 bridgehead atoms. The minimum Gasteiger partial charge on any atom is -0.376 e. The van der Waals surface area contributed by atoms with Crippen LogP contribution < -0.4 is 11.1 Å². The summed E-state index contributed by atoms with van der Waals surface area (Å²) >= 11 is 6.31. The first kappa shape index (κ1) is 24.6. The lowest BCUT2D eigenvalue weighted by molar-refractivity contribution is -0.0844. The van der Waals surface area contributed by atoms with Crippen molar-refractivity contribution in [3.63, 3.8) is 0 Å². The van der Waals surface area contributed by atoms with Crippen molar-refractivity contribution in [2.24, 2.45) is 28.9 Å². The van der Waals surface area contributed by atoms with Gasteiger partial charge in [-0.05, 0) is 111 Å². The van der Waals surface area contributed by atoms with E-state index in [-0.39, 0.29) is 5.41 Å². The van der Waals surface area contributed by atoms with Crippen LogP contribution in [0.2, 0.25) is 0 Å². The summed E-state index contributed by atoms with van der Waals surface area (Å²) in [5.74, 6) is 2.53. The predicted octanol–water partition coefficient (Wildman–Crippen LogP) is 7.35. The molecule has 3 heteroatoms. The molecule has 3 N–H and O–H groups in total. The highest BCUT2D eigenvalue weighted by Crippen LogP contribution is 2.68.